The fraction of sp³-hybridized carbons (Fsp3) is 0.167. The third-order valence-corrected chi connectivity index (χ3v) is 3.10. The van der Waals surface area contributed by atoms with E-state index >= 15 is 0 Å². The van der Waals surface area contributed by atoms with Gasteiger partial charge in [0.1, 0.15) is 5.82 Å². The molecule has 21 heavy (non-hydrogen) atoms. The van der Waals surface area contributed by atoms with Crippen molar-refractivity contribution in [2.24, 2.45) is 0 Å². The third-order valence-electron chi connectivity index (χ3n) is 3.10. The van der Waals surface area contributed by atoms with Crippen LogP contribution in [0.4, 0.5) is 4.39 Å². The summed E-state index contributed by atoms with van der Waals surface area (Å²) in [6.45, 7) is 2.54. The first kappa shape index (κ1) is 15.0. The van der Waals surface area contributed by atoms with Gasteiger partial charge in [-0.3, -0.25) is 4.79 Å². The maximum atomic E-state index is 12.7. The van der Waals surface area contributed by atoms with Crippen molar-refractivity contribution in [3.63, 3.8) is 0 Å². The summed E-state index contributed by atoms with van der Waals surface area (Å²) in [7, 11) is 0. The van der Waals surface area contributed by atoms with Crippen molar-refractivity contribution in [1.29, 1.82) is 0 Å². The van der Waals surface area contributed by atoms with Gasteiger partial charge in [-0.1, -0.05) is 42.0 Å². The molecule has 0 aliphatic rings. The molecule has 0 spiro atoms. The zero-order valence-electron chi connectivity index (χ0n) is 12.0. The van der Waals surface area contributed by atoms with Crippen molar-refractivity contribution in [2.75, 3.05) is 6.54 Å². The zero-order chi connectivity index (χ0) is 15.1. The van der Waals surface area contributed by atoms with Gasteiger partial charge in [0.2, 0.25) is 5.91 Å². The van der Waals surface area contributed by atoms with Crippen LogP contribution in [0.1, 0.15) is 16.7 Å². The van der Waals surface area contributed by atoms with Gasteiger partial charge in [-0.05, 0) is 42.7 Å². The molecule has 0 saturated carbocycles. The third kappa shape index (κ3) is 5.22. The molecule has 2 nitrogen and oxygen atoms in total. The normalized spacial score (nSPS) is 10.8. The van der Waals surface area contributed by atoms with Crippen LogP contribution in [0.25, 0.3) is 6.08 Å². The molecule has 0 aliphatic heterocycles. The lowest BCUT2D eigenvalue weighted by atomic mass is 10.1. The number of hydrogen-bond acceptors (Lipinski definition) is 1. The summed E-state index contributed by atoms with van der Waals surface area (Å²) in [5, 5.41) is 2.81. The van der Waals surface area contributed by atoms with E-state index in [1.54, 1.807) is 18.2 Å². The van der Waals surface area contributed by atoms with Gasteiger partial charge in [0.25, 0.3) is 0 Å². The van der Waals surface area contributed by atoms with Crippen molar-refractivity contribution in [3.8, 4) is 0 Å². The van der Waals surface area contributed by atoms with Crippen molar-refractivity contribution >= 4 is 12.0 Å². The molecule has 0 atom stereocenters. The van der Waals surface area contributed by atoms with Crippen LogP contribution in [0, 0.1) is 12.7 Å². The van der Waals surface area contributed by atoms with E-state index in [0.717, 1.165) is 16.7 Å². The van der Waals surface area contributed by atoms with E-state index in [4.69, 9.17) is 0 Å². The summed E-state index contributed by atoms with van der Waals surface area (Å²) in [4.78, 5) is 11.7. The zero-order valence-corrected chi connectivity index (χ0v) is 12.0. The number of hydrogen-bond donors (Lipinski definition) is 1. The minimum absolute atomic E-state index is 0.126. The van der Waals surface area contributed by atoms with Crippen molar-refractivity contribution in [1.82, 2.24) is 5.32 Å². The Labute approximate surface area is 124 Å². The van der Waals surface area contributed by atoms with Crippen LogP contribution in [-0.4, -0.2) is 12.5 Å². The minimum Gasteiger partial charge on any atom is -0.352 e. The predicted molar refractivity (Wildman–Crippen MR) is 83.3 cm³/mol. The van der Waals surface area contributed by atoms with Gasteiger partial charge < -0.3 is 5.32 Å². The highest BCUT2D eigenvalue weighted by molar-refractivity contribution is 5.91. The molecule has 0 fully saturated rings. The molecule has 3 heteroatoms. The van der Waals surface area contributed by atoms with E-state index < -0.39 is 0 Å². The lowest BCUT2D eigenvalue weighted by molar-refractivity contribution is -0.116. The highest BCUT2D eigenvalue weighted by atomic mass is 19.1. The van der Waals surface area contributed by atoms with Crippen LogP contribution in [-0.2, 0) is 11.2 Å². The summed E-state index contributed by atoms with van der Waals surface area (Å²) >= 11 is 0. The van der Waals surface area contributed by atoms with Gasteiger partial charge in [-0.15, -0.1) is 0 Å². The van der Waals surface area contributed by atoms with E-state index in [1.807, 2.05) is 31.2 Å². The molecule has 1 N–H and O–H groups in total. The Bertz CT molecular complexity index is 632. The second-order valence-corrected chi connectivity index (χ2v) is 4.91. The van der Waals surface area contributed by atoms with E-state index in [1.165, 1.54) is 18.2 Å². The standard InChI is InChI=1S/C18H18FNO/c1-14-3-2-4-16(13-14)7-10-18(21)20-12-11-15-5-8-17(19)9-6-15/h2-10,13H,11-12H2,1H3,(H,20,21)/b10-7+. The number of rotatable bonds is 5. The SMILES string of the molecule is Cc1cccc(/C=C/C(=O)NCCc2ccc(F)cc2)c1. The number of nitrogens with one attached hydrogen (secondary N) is 1. The number of amides is 1. The fourth-order valence-corrected chi connectivity index (χ4v) is 1.99. The summed E-state index contributed by atoms with van der Waals surface area (Å²) in [5.74, 6) is -0.373. The molecule has 0 aromatic heterocycles. The number of halogens is 1. The number of carbonyl (C=O) groups is 1. The molecule has 0 unspecified atom stereocenters. The Balaban J connectivity index is 1.78. The maximum absolute atomic E-state index is 12.7. The molecular weight excluding hydrogens is 265 g/mol. The largest absolute Gasteiger partial charge is 0.352 e. The molecule has 0 saturated heterocycles. The van der Waals surface area contributed by atoms with Crippen LogP contribution < -0.4 is 5.32 Å². The fourth-order valence-electron chi connectivity index (χ4n) is 1.99. The van der Waals surface area contributed by atoms with E-state index in [2.05, 4.69) is 5.32 Å². The summed E-state index contributed by atoms with van der Waals surface area (Å²) in [6, 6.07) is 14.2. The maximum Gasteiger partial charge on any atom is 0.244 e. The van der Waals surface area contributed by atoms with Crippen molar-refractivity contribution in [3.05, 3.63) is 77.1 Å². The average molecular weight is 283 g/mol. The predicted octanol–water partition coefficient (Wildman–Crippen LogP) is 3.51. The number of aryl methyl sites for hydroxylation is 1. The van der Waals surface area contributed by atoms with Crippen LogP contribution in [0.2, 0.25) is 0 Å². The molecule has 0 aliphatic carbocycles. The molecule has 2 aromatic rings. The highest BCUT2D eigenvalue weighted by Crippen LogP contribution is 2.05. The van der Waals surface area contributed by atoms with Gasteiger partial charge in [0.05, 0.1) is 0 Å². The quantitative estimate of drug-likeness (QED) is 0.836. The van der Waals surface area contributed by atoms with Crippen molar-refractivity contribution < 1.29 is 9.18 Å². The molecule has 2 rings (SSSR count). The number of carbonyl (C=O) groups excluding carboxylic acids is 1. The number of benzene rings is 2. The average Bonchev–Trinajstić information content (AvgIpc) is 2.47. The Morgan fingerprint density at radius 3 is 2.67 bits per heavy atom. The smallest absolute Gasteiger partial charge is 0.244 e. The summed E-state index contributed by atoms with van der Waals surface area (Å²) in [6.07, 6.45) is 4.00. The minimum atomic E-state index is -0.246. The van der Waals surface area contributed by atoms with Gasteiger partial charge in [0.15, 0.2) is 0 Å². The first-order valence-corrected chi connectivity index (χ1v) is 6.90. The van der Waals surface area contributed by atoms with Gasteiger partial charge in [-0.2, -0.15) is 0 Å². The Morgan fingerprint density at radius 2 is 1.95 bits per heavy atom. The second-order valence-electron chi connectivity index (χ2n) is 4.91. The van der Waals surface area contributed by atoms with E-state index in [9.17, 15) is 9.18 Å². The van der Waals surface area contributed by atoms with Crippen LogP contribution in [0.5, 0.6) is 0 Å². The second kappa shape index (κ2) is 7.39. The lowest BCUT2D eigenvalue weighted by Crippen LogP contribution is -2.23. The molecule has 1 amide bonds. The molecular formula is C18H18FNO. The summed E-state index contributed by atoms with van der Waals surface area (Å²) in [5.41, 5.74) is 3.16. The molecule has 2 aromatic carbocycles. The molecule has 0 heterocycles. The van der Waals surface area contributed by atoms with Crippen LogP contribution >= 0.6 is 0 Å². The molecule has 0 radical (unpaired) electrons. The van der Waals surface area contributed by atoms with Gasteiger partial charge in [0, 0.05) is 12.6 Å². The van der Waals surface area contributed by atoms with Crippen molar-refractivity contribution in [2.45, 2.75) is 13.3 Å². The molecule has 0 bridgehead atoms. The van der Waals surface area contributed by atoms with Crippen LogP contribution in [0.15, 0.2) is 54.6 Å². The van der Waals surface area contributed by atoms with E-state index in [-0.39, 0.29) is 11.7 Å². The summed E-state index contributed by atoms with van der Waals surface area (Å²) < 4.78 is 12.7. The first-order valence-electron chi connectivity index (χ1n) is 6.90. The van der Waals surface area contributed by atoms with E-state index in [0.29, 0.717) is 13.0 Å². The lowest BCUT2D eigenvalue weighted by Gasteiger charge is -2.03. The first-order chi connectivity index (χ1) is 10.1. The monoisotopic (exact) mass is 283 g/mol. The Kier molecular flexibility index (Phi) is 5.27. The Morgan fingerprint density at radius 1 is 1.19 bits per heavy atom. The van der Waals surface area contributed by atoms with Gasteiger partial charge >= 0.3 is 0 Å². The Hall–Kier alpha value is -2.42. The van der Waals surface area contributed by atoms with Crippen LogP contribution in [0.3, 0.4) is 0 Å². The van der Waals surface area contributed by atoms with Gasteiger partial charge in [-0.25, -0.2) is 4.39 Å². The highest BCUT2D eigenvalue weighted by Gasteiger charge is 1.97. The molecule has 108 valence electrons. The topological polar surface area (TPSA) is 29.1 Å².